The van der Waals surface area contributed by atoms with E-state index in [9.17, 15) is 9.90 Å². The van der Waals surface area contributed by atoms with Crippen LogP contribution in [0.2, 0.25) is 0 Å². The molecule has 2 heterocycles. The summed E-state index contributed by atoms with van der Waals surface area (Å²) >= 11 is 0. The first-order valence-corrected chi connectivity index (χ1v) is 7.84. The van der Waals surface area contributed by atoms with Gasteiger partial charge in [-0.25, -0.2) is 0 Å². The van der Waals surface area contributed by atoms with E-state index in [2.05, 4.69) is 15.6 Å². The van der Waals surface area contributed by atoms with Gasteiger partial charge in [0.25, 0.3) is 5.91 Å². The summed E-state index contributed by atoms with van der Waals surface area (Å²) in [5.41, 5.74) is 6.01. The second-order valence-corrected chi connectivity index (χ2v) is 6.04. The normalized spacial score (nSPS) is 16.2. The molecule has 0 radical (unpaired) electrons. The van der Waals surface area contributed by atoms with E-state index in [-0.39, 0.29) is 19.1 Å². The number of aromatic nitrogens is 1. The highest BCUT2D eigenvalue weighted by molar-refractivity contribution is 6.35. The van der Waals surface area contributed by atoms with Crippen molar-refractivity contribution < 1.29 is 15.0 Å². The van der Waals surface area contributed by atoms with Crippen LogP contribution in [0.1, 0.15) is 22.5 Å². The molecular formula is C18H21N3O3. The Kier molecular flexibility index (Phi) is 4.42. The van der Waals surface area contributed by atoms with Crippen LogP contribution in [0.15, 0.2) is 24.3 Å². The molecule has 0 spiro atoms. The van der Waals surface area contributed by atoms with Crippen molar-refractivity contribution in [1.29, 1.82) is 0 Å². The van der Waals surface area contributed by atoms with Gasteiger partial charge in [-0.05, 0) is 49.8 Å². The number of anilines is 2. The third-order valence-electron chi connectivity index (χ3n) is 4.03. The van der Waals surface area contributed by atoms with Crippen molar-refractivity contribution >= 4 is 28.9 Å². The maximum absolute atomic E-state index is 12.3. The lowest BCUT2D eigenvalue weighted by Crippen LogP contribution is -2.22. The van der Waals surface area contributed by atoms with Crippen LogP contribution >= 0.6 is 0 Å². The number of aliphatic hydroxyl groups is 2. The van der Waals surface area contributed by atoms with Gasteiger partial charge < -0.3 is 25.8 Å². The first-order valence-electron chi connectivity index (χ1n) is 7.84. The van der Waals surface area contributed by atoms with Gasteiger partial charge in [-0.3, -0.25) is 4.79 Å². The number of nitrogens with one attached hydrogen (secondary N) is 3. The molecule has 1 aromatic heterocycles. The summed E-state index contributed by atoms with van der Waals surface area (Å²) in [6.07, 6.45) is 1.04. The van der Waals surface area contributed by atoms with Crippen molar-refractivity contribution in [3.63, 3.8) is 0 Å². The lowest BCUT2D eigenvalue weighted by atomic mass is 10.0. The van der Waals surface area contributed by atoms with Gasteiger partial charge in [0.05, 0.1) is 18.3 Å². The van der Waals surface area contributed by atoms with E-state index in [1.807, 2.05) is 44.2 Å². The van der Waals surface area contributed by atoms with Gasteiger partial charge in [0.1, 0.15) is 0 Å². The number of rotatable bonds is 5. The Labute approximate surface area is 140 Å². The number of aromatic amines is 1. The number of aryl methyl sites for hydroxylation is 2. The third-order valence-corrected chi connectivity index (χ3v) is 4.03. The summed E-state index contributed by atoms with van der Waals surface area (Å²) in [7, 11) is 0. The summed E-state index contributed by atoms with van der Waals surface area (Å²) in [6, 6.07) is 7.56. The molecule has 1 aliphatic heterocycles. The summed E-state index contributed by atoms with van der Waals surface area (Å²) in [5.74, 6) is -0.135. The molecule has 0 fully saturated rings. The number of benzene rings is 1. The van der Waals surface area contributed by atoms with Gasteiger partial charge in [-0.1, -0.05) is 0 Å². The minimum atomic E-state index is -0.822. The van der Waals surface area contributed by atoms with E-state index in [0.717, 1.165) is 33.9 Å². The highest BCUT2D eigenvalue weighted by atomic mass is 16.3. The Morgan fingerprint density at radius 1 is 1.29 bits per heavy atom. The number of H-pyrrole nitrogens is 1. The number of amides is 1. The van der Waals surface area contributed by atoms with Crippen molar-refractivity contribution in [3.8, 4) is 0 Å². The van der Waals surface area contributed by atoms with Crippen molar-refractivity contribution in [3.05, 3.63) is 46.8 Å². The van der Waals surface area contributed by atoms with Gasteiger partial charge in [-0.15, -0.1) is 0 Å². The molecule has 1 atom stereocenters. The van der Waals surface area contributed by atoms with E-state index in [1.54, 1.807) is 0 Å². The standard InChI is InChI=1S/C18H21N3O3/c1-10-5-11(2)20-17(10)7-15-14-6-12(19-8-13(23)9-22)3-4-16(14)21-18(15)24/h3-7,13,19-20,22-23H,8-9H2,1-2H3,(H,21,24). The summed E-state index contributed by atoms with van der Waals surface area (Å²) in [4.78, 5) is 15.5. The minimum Gasteiger partial charge on any atom is -0.394 e. The SMILES string of the molecule is Cc1cc(C)c(C=C2C(=O)Nc3ccc(NCC(O)CO)cc32)[nH]1. The second kappa shape index (κ2) is 6.51. The summed E-state index contributed by atoms with van der Waals surface area (Å²) < 4.78 is 0. The predicted molar refractivity (Wildman–Crippen MR) is 94.8 cm³/mol. The average Bonchev–Trinajstić information content (AvgIpc) is 3.04. The van der Waals surface area contributed by atoms with E-state index in [0.29, 0.717) is 5.57 Å². The quantitative estimate of drug-likeness (QED) is 0.542. The van der Waals surface area contributed by atoms with Gasteiger partial charge in [0, 0.05) is 34.9 Å². The van der Waals surface area contributed by atoms with Crippen molar-refractivity contribution in [2.75, 3.05) is 23.8 Å². The molecule has 1 amide bonds. The first-order chi connectivity index (χ1) is 11.5. The number of fused-ring (bicyclic) bond motifs is 1. The number of aliphatic hydroxyl groups excluding tert-OH is 2. The maximum Gasteiger partial charge on any atom is 0.256 e. The van der Waals surface area contributed by atoms with Crippen LogP contribution in [-0.4, -0.2) is 40.4 Å². The van der Waals surface area contributed by atoms with Crippen molar-refractivity contribution in [2.45, 2.75) is 20.0 Å². The zero-order valence-electron chi connectivity index (χ0n) is 13.7. The third kappa shape index (κ3) is 3.20. The monoisotopic (exact) mass is 327 g/mol. The van der Waals surface area contributed by atoms with E-state index >= 15 is 0 Å². The van der Waals surface area contributed by atoms with Crippen LogP contribution in [0.3, 0.4) is 0 Å². The molecule has 1 aliphatic rings. The summed E-state index contributed by atoms with van der Waals surface area (Å²) in [5, 5.41) is 24.2. The van der Waals surface area contributed by atoms with E-state index in [4.69, 9.17) is 5.11 Å². The van der Waals surface area contributed by atoms with Gasteiger partial charge in [0.15, 0.2) is 0 Å². The Bertz CT molecular complexity index is 808. The first kappa shape index (κ1) is 16.3. The smallest absolute Gasteiger partial charge is 0.256 e. The Balaban J connectivity index is 1.92. The molecule has 1 unspecified atom stereocenters. The van der Waals surface area contributed by atoms with Crippen LogP contribution in [0.4, 0.5) is 11.4 Å². The Hall–Kier alpha value is -2.57. The lowest BCUT2D eigenvalue weighted by molar-refractivity contribution is -0.110. The highest BCUT2D eigenvalue weighted by Crippen LogP contribution is 2.35. The number of carbonyl (C=O) groups is 1. The fourth-order valence-corrected chi connectivity index (χ4v) is 2.79. The molecule has 0 bridgehead atoms. The molecule has 126 valence electrons. The zero-order chi connectivity index (χ0) is 17.3. The lowest BCUT2D eigenvalue weighted by Gasteiger charge is -2.11. The molecule has 5 N–H and O–H groups in total. The number of hydrogen-bond donors (Lipinski definition) is 5. The number of hydrogen-bond acceptors (Lipinski definition) is 4. The van der Waals surface area contributed by atoms with Gasteiger partial charge in [0.2, 0.25) is 0 Å². The second-order valence-electron chi connectivity index (χ2n) is 6.04. The van der Waals surface area contributed by atoms with Crippen LogP contribution in [0.25, 0.3) is 11.6 Å². The fraction of sp³-hybridized carbons (Fsp3) is 0.278. The molecule has 24 heavy (non-hydrogen) atoms. The highest BCUT2D eigenvalue weighted by Gasteiger charge is 2.24. The molecule has 6 heteroatoms. The molecule has 2 aromatic rings. The zero-order valence-corrected chi connectivity index (χ0v) is 13.7. The fourth-order valence-electron chi connectivity index (χ4n) is 2.79. The minimum absolute atomic E-state index is 0.135. The van der Waals surface area contributed by atoms with Crippen LogP contribution < -0.4 is 10.6 Å². The van der Waals surface area contributed by atoms with E-state index < -0.39 is 6.10 Å². The van der Waals surface area contributed by atoms with Gasteiger partial charge >= 0.3 is 0 Å². The van der Waals surface area contributed by atoms with Crippen molar-refractivity contribution in [2.24, 2.45) is 0 Å². The largest absolute Gasteiger partial charge is 0.394 e. The Morgan fingerprint density at radius 3 is 2.75 bits per heavy atom. The Morgan fingerprint density at radius 2 is 2.08 bits per heavy atom. The summed E-state index contributed by atoms with van der Waals surface area (Å²) in [6.45, 7) is 3.92. The number of carbonyl (C=O) groups excluding carboxylic acids is 1. The topological polar surface area (TPSA) is 97.4 Å². The van der Waals surface area contributed by atoms with Crippen LogP contribution in [0.5, 0.6) is 0 Å². The average molecular weight is 327 g/mol. The molecular weight excluding hydrogens is 306 g/mol. The van der Waals surface area contributed by atoms with Gasteiger partial charge in [-0.2, -0.15) is 0 Å². The molecule has 0 aliphatic carbocycles. The van der Waals surface area contributed by atoms with E-state index in [1.165, 1.54) is 0 Å². The molecule has 0 saturated carbocycles. The molecule has 3 rings (SSSR count). The molecule has 0 saturated heterocycles. The molecule has 1 aromatic carbocycles. The van der Waals surface area contributed by atoms with Crippen LogP contribution in [0, 0.1) is 13.8 Å². The molecule has 6 nitrogen and oxygen atoms in total. The maximum atomic E-state index is 12.3. The van der Waals surface area contributed by atoms with Crippen molar-refractivity contribution in [1.82, 2.24) is 4.98 Å². The predicted octanol–water partition coefficient (Wildman–Crippen LogP) is 1.89. The van der Waals surface area contributed by atoms with Crippen LogP contribution in [-0.2, 0) is 4.79 Å².